The van der Waals surface area contributed by atoms with Crippen LogP contribution in [-0.2, 0) is 0 Å². The highest BCUT2D eigenvalue weighted by molar-refractivity contribution is 7.26. The Morgan fingerprint density at radius 1 is 0.386 bits per heavy atom. The molecule has 0 aliphatic heterocycles. The lowest BCUT2D eigenvalue weighted by Gasteiger charge is -2.09. The van der Waals surface area contributed by atoms with Crippen molar-refractivity contribution >= 4 is 75.3 Å². The van der Waals surface area contributed by atoms with Gasteiger partial charge in [0.15, 0.2) is 17.5 Å². The molecule has 0 bridgehead atoms. The maximum absolute atomic E-state index is 6.64. The van der Waals surface area contributed by atoms with Gasteiger partial charge in [-0.3, -0.25) is 0 Å². The van der Waals surface area contributed by atoms with Gasteiger partial charge in [-0.1, -0.05) is 121 Å². The van der Waals surface area contributed by atoms with Crippen LogP contribution in [0.2, 0.25) is 0 Å². The molecular formula is C51H30N4OS. The van der Waals surface area contributed by atoms with E-state index in [0.717, 1.165) is 60.1 Å². The van der Waals surface area contributed by atoms with Crippen LogP contribution in [0, 0.1) is 0 Å². The number of furan rings is 1. The predicted octanol–water partition coefficient (Wildman–Crippen LogP) is 13.9. The van der Waals surface area contributed by atoms with Gasteiger partial charge in [0.1, 0.15) is 11.2 Å². The molecule has 0 atom stereocenters. The first-order chi connectivity index (χ1) is 28.2. The van der Waals surface area contributed by atoms with Crippen LogP contribution in [0.1, 0.15) is 0 Å². The summed E-state index contributed by atoms with van der Waals surface area (Å²) in [5, 5.41) is 7.09. The zero-order valence-electron chi connectivity index (χ0n) is 30.4. The van der Waals surface area contributed by atoms with Crippen LogP contribution in [-0.4, -0.2) is 19.5 Å². The Balaban J connectivity index is 0.954. The fourth-order valence-electron chi connectivity index (χ4n) is 8.37. The molecule has 0 unspecified atom stereocenters. The lowest BCUT2D eigenvalue weighted by Crippen LogP contribution is -2.00. The van der Waals surface area contributed by atoms with E-state index < -0.39 is 0 Å². The standard InChI is InChI=1S/C51H30N4OS/c1-3-12-31(13-4-1)49-52-50(32-14-5-2-6-15-32)54-51(53-49)41-19-11-18-40-42-28-33(23-27-47(42)57-48(40)41)34-22-25-38-39-26-24-35(30-46(39)56-45(38)29-34)55-43-20-9-7-16-36(43)37-17-8-10-21-44(37)55/h1-30H. The monoisotopic (exact) mass is 746 g/mol. The number of benzene rings is 8. The molecule has 0 saturated carbocycles. The van der Waals surface area contributed by atoms with Crippen molar-refractivity contribution in [3.8, 4) is 51.0 Å². The zero-order valence-corrected chi connectivity index (χ0v) is 31.2. The number of thiophene rings is 1. The van der Waals surface area contributed by atoms with Crippen molar-refractivity contribution in [1.29, 1.82) is 0 Å². The summed E-state index contributed by atoms with van der Waals surface area (Å²) in [6.07, 6.45) is 0. The normalized spacial score (nSPS) is 11.9. The first-order valence-electron chi connectivity index (χ1n) is 19.0. The quantitative estimate of drug-likeness (QED) is 0.176. The maximum atomic E-state index is 6.64. The van der Waals surface area contributed by atoms with Crippen LogP contribution in [0.25, 0.3) is 115 Å². The molecule has 4 aromatic heterocycles. The summed E-state index contributed by atoms with van der Waals surface area (Å²) in [5.74, 6) is 1.98. The first-order valence-corrected chi connectivity index (χ1v) is 19.8. The van der Waals surface area contributed by atoms with Gasteiger partial charge < -0.3 is 8.98 Å². The summed E-state index contributed by atoms with van der Waals surface area (Å²) >= 11 is 1.78. The first kappa shape index (κ1) is 31.9. The maximum Gasteiger partial charge on any atom is 0.165 e. The molecular weight excluding hydrogens is 717 g/mol. The van der Waals surface area contributed by atoms with Crippen LogP contribution >= 0.6 is 11.3 Å². The van der Waals surface area contributed by atoms with Gasteiger partial charge >= 0.3 is 0 Å². The van der Waals surface area contributed by atoms with Gasteiger partial charge in [-0.2, -0.15) is 0 Å². The van der Waals surface area contributed by atoms with Crippen LogP contribution in [0.15, 0.2) is 186 Å². The van der Waals surface area contributed by atoms with Crippen LogP contribution in [0.4, 0.5) is 0 Å². The van der Waals surface area contributed by atoms with Gasteiger partial charge in [0.25, 0.3) is 0 Å². The van der Waals surface area contributed by atoms with Gasteiger partial charge in [0.2, 0.25) is 0 Å². The molecule has 0 N–H and O–H groups in total. The third-order valence-corrected chi connectivity index (χ3v) is 12.3. The summed E-state index contributed by atoms with van der Waals surface area (Å²) in [7, 11) is 0. The minimum atomic E-state index is 0.656. The van der Waals surface area contributed by atoms with Crippen molar-refractivity contribution < 1.29 is 4.42 Å². The molecule has 57 heavy (non-hydrogen) atoms. The Morgan fingerprint density at radius 2 is 0.947 bits per heavy atom. The number of aromatic nitrogens is 4. The molecule has 266 valence electrons. The highest BCUT2D eigenvalue weighted by atomic mass is 32.1. The smallest absolute Gasteiger partial charge is 0.165 e. The van der Waals surface area contributed by atoms with Crippen molar-refractivity contribution in [1.82, 2.24) is 19.5 Å². The van der Waals surface area contributed by atoms with E-state index in [1.54, 1.807) is 11.3 Å². The number of fused-ring (bicyclic) bond motifs is 9. The topological polar surface area (TPSA) is 56.7 Å². The van der Waals surface area contributed by atoms with Crippen molar-refractivity contribution in [3.63, 3.8) is 0 Å². The van der Waals surface area contributed by atoms with E-state index in [9.17, 15) is 0 Å². The molecule has 0 aliphatic carbocycles. The molecule has 0 spiro atoms. The molecule has 12 aromatic rings. The van der Waals surface area contributed by atoms with Crippen LogP contribution < -0.4 is 0 Å². The van der Waals surface area contributed by atoms with Gasteiger partial charge in [-0.05, 0) is 65.7 Å². The average Bonchev–Trinajstić information content (AvgIpc) is 3.95. The number of hydrogen-bond donors (Lipinski definition) is 0. The van der Waals surface area contributed by atoms with Crippen LogP contribution in [0.3, 0.4) is 0 Å². The second kappa shape index (κ2) is 12.6. The van der Waals surface area contributed by atoms with Crippen LogP contribution in [0.5, 0.6) is 0 Å². The molecule has 12 rings (SSSR count). The van der Waals surface area contributed by atoms with Gasteiger partial charge in [-0.15, -0.1) is 11.3 Å². The molecule has 0 fully saturated rings. The molecule has 4 heterocycles. The molecule has 0 radical (unpaired) electrons. The van der Waals surface area contributed by atoms with Gasteiger partial charge in [0.05, 0.1) is 11.0 Å². The largest absolute Gasteiger partial charge is 0.456 e. The van der Waals surface area contributed by atoms with Crippen molar-refractivity contribution in [2.75, 3.05) is 0 Å². The number of hydrogen-bond acceptors (Lipinski definition) is 5. The SMILES string of the molecule is c1ccc(-c2nc(-c3ccccc3)nc(-c3cccc4c3sc3ccc(-c5ccc6c(c5)oc5cc(-n7c8ccccc8c8ccccc87)ccc56)cc34)n2)cc1. The fraction of sp³-hybridized carbons (Fsp3) is 0. The Morgan fingerprint density at radius 3 is 1.65 bits per heavy atom. The highest BCUT2D eigenvalue weighted by Gasteiger charge is 2.18. The van der Waals surface area contributed by atoms with Crippen molar-refractivity contribution in [2.45, 2.75) is 0 Å². The Labute approximate surface area is 330 Å². The molecule has 8 aromatic carbocycles. The summed E-state index contributed by atoms with van der Waals surface area (Å²) in [6, 6.07) is 63.8. The third kappa shape index (κ3) is 5.12. The lowest BCUT2D eigenvalue weighted by atomic mass is 10.0. The summed E-state index contributed by atoms with van der Waals surface area (Å²) < 4.78 is 11.3. The molecule has 0 aliphatic rings. The van der Waals surface area contributed by atoms with E-state index in [0.29, 0.717) is 17.5 Å². The Hall–Kier alpha value is -7.41. The summed E-state index contributed by atoms with van der Waals surface area (Å²) in [6.45, 7) is 0. The summed E-state index contributed by atoms with van der Waals surface area (Å²) in [4.78, 5) is 15.0. The van der Waals surface area contributed by atoms with Crippen molar-refractivity contribution in [3.05, 3.63) is 182 Å². The molecule has 0 saturated heterocycles. The van der Waals surface area contributed by atoms with E-state index in [-0.39, 0.29) is 0 Å². The van der Waals surface area contributed by atoms with Gasteiger partial charge in [0, 0.05) is 70.2 Å². The minimum Gasteiger partial charge on any atom is -0.456 e. The fourth-order valence-corrected chi connectivity index (χ4v) is 9.56. The second-order valence-electron chi connectivity index (χ2n) is 14.4. The Bertz CT molecular complexity index is 3420. The molecule has 6 heteroatoms. The van der Waals surface area contributed by atoms with E-state index >= 15 is 0 Å². The number of para-hydroxylation sites is 2. The average molecular weight is 747 g/mol. The Kier molecular flexibility index (Phi) is 7.03. The summed E-state index contributed by atoms with van der Waals surface area (Å²) in [5.41, 5.74) is 10.3. The number of nitrogens with zero attached hydrogens (tertiary/aromatic N) is 4. The molecule has 5 nitrogen and oxygen atoms in total. The van der Waals surface area contributed by atoms with Gasteiger partial charge in [-0.25, -0.2) is 15.0 Å². The predicted molar refractivity (Wildman–Crippen MR) is 236 cm³/mol. The van der Waals surface area contributed by atoms with E-state index in [4.69, 9.17) is 19.4 Å². The van der Waals surface area contributed by atoms with E-state index in [1.807, 2.05) is 60.7 Å². The van der Waals surface area contributed by atoms with E-state index in [2.05, 4.69) is 126 Å². The number of rotatable bonds is 5. The molecule has 0 amide bonds. The third-order valence-electron chi connectivity index (χ3n) is 11.1. The zero-order chi connectivity index (χ0) is 37.5. The highest BCUT2D eigenvalue weighted by Crippen LogP contribution is 2.42. The lowest BCUT2D eigenvalue weighted by molar-refractivity contribution is 0.669. The second-order valence-corrected chi connectivity index (χ2v) is 15.4. The van der Waals surface area contributed by atoms with E-state index in [1.165, 1.54) is 37.3 Å². The van der Waals surface area contributed by atoms with Crippen molar-refractivity contribution in [2.24, 2.45) is 0 Å². The minimum absolute atomic E-state index is 0.656.